The third kappa shape index (κ3) is 2.20. The zero-order valence-electron chi connectivity index (χ0n) is 14.4. The van der Waals surface area contributed by atoms with Gasteiger partial charge in [-0.2, -0.15) is 5.10 Å². The summed E-state index contributed by atoms with van der Waals surface area (Å²) in [4.78, 5) is 29.9. The highest BCUT2D eigenvalue weighted by atomic mass is 16.2. The van der Waals surface area contributed by atoms with E-state index in [-0.39, 0.29) is 11.5 Å². The van der Waals surface area contributed by atoms with Gasteiger partial charge in [-0.25, -0.2) is 10.4 Å². The number of imidazole rings is 1. The number of hydrogen-bond acceptors (Lipinski definition) is 4. The van der Waals surface area contributed by atoms with E-state index in [4.69, 9.17) is 0 Å². The number of pyridine rings is 1. The van der Waals surface area contributed by atoms with Crippen LogP contribution in [0.1, 0.15) is 32.1 Å². The molecule has 2 heterocycles. The summed E-state index contributed by atoms with van der Waals surface area (Å²) in [5.41, 5.74) is 5.82. The highest BCUT2D eigenvalue weighted by molar-refractivity contribution is 6.59. The molecule has 130 valence electrons. The molecular formula is C21H14N4O2. The average Bonchev–Trinajstić information content (AvgIpc) is 3.16. The Hall–Kier alpha value is -3.80. The van der Waals surface area contributed by atoms with Crippen molar-refractivity contribution in [3.05, 3.63) is 83.3 Å². The second-order valence-electron chi connectivity index (χ2n) is 6.41. The number of carbonyl (C=O) groups excluding carboxylic acids is 2. The van der Waals surface area contributed by atoms with Crippen LogP contribution in [0.3, 0.4) is 0 Å². The molecule has 0 bridgehead atoms. The molecule has 4 aromatic rings. The van der Waals surface area contributed by atoms with Crippen molar-refractivity contribution in [2.75, 3.05) is 0 Å². The monoisotopic (exact) mass is 354 g/mol. The number of aromatic nitrogens is 2. The Balaban J connectivity index is 1.55. The predicted molar refractivity (Wildman–Crippen MR) is 102 cm³/mol. The smallest absolute Gasteiger partial charge is 0.290 e. The molecule has 1 N–H and O–H groups in total. The van der Waals surface area contributed by atoms with Gasteiger partial charge in [-0.3, -0.25) is 14.0 Å². The van der Waals surface area contributed by atoms with Crippen molar-refractivity contribution in [3.8, 4) is 0 Å². The third-order valence-corrected chi connectivity index (χ3v) is 4.81. The summed E-state index contributed by atoms with van der Waals surface area (Å²) < 4.78 is 1.71. The van der Waals surface area contributed by atoms with Crippen LogP contribution in [0.25, 0.3) is 16.4 Å². The molecule has 2 aromatic carbocycles. The Bertz CT molecular complexity index is 1300. The van der Waals surface area contributed by atoms with Gasteiger partial charge >= 0.3 is 0 Å². The van der Waals surface area contributed by atoms with Gasteiger partial charge in [0.15, 0.2) is 0 Å². The molecule has 0 unspecified atom stereocenters. The topological polar surface area (TPSA) is 75.8 Å². The lowest BCUT2D eigenvalue weighted by Crippen LogP contribution is -2.24. The quantitative estimate of drug-likeness (QED) is 0.562. The van der Waals surface area contributed by atoms with Crippen LogP contribution in [0, 0.1) is 6.92 Å². The maximum atomic E-state index is 12.8. The number of benzene rings is 2. The molecule has 6 nitrogen and oxygen atoms in total. The molecule has 27 heavy (non-hydrogen) atoms. The first-order valence-electron chi connectivity index (χ1n) is 8.53. The number of nitrogens with one attached hydrogen (secondary N) is 1. The number of rotatable bonds is 2. The van der Waals surface area contributed by atoms with Crippen LogP contribution in [0.2, 0.25) is 0 Å². The fourth-order valence-corrected chi connectivity index (χ4v) is 3.64. The van der Waals surface area contributed by atoms with Crippen molar-refractivity contribution >= 4 is 33.8 Å². The van der Waals surface area contributed by atoms with Gasteiger partial charge < -0.3 is 0 Å². The zero-order valence-corrected chi connectivity index (χ0v) is 14.4. The highest BCUT2D eigenvalue weighted by Gasteiger charge is 2.29. The van der Waals surface area contributed by atoms with Gasteiger partial charge in [0, 0.05) is 22.7 Å². The van der Waals surface area contributed by atoms with E-state index in [0.29, 0.717) is 22.6 Å². The standard InChI is InChI=1S/C21H14N4O2/c1-12-19(25-11-3-2-10-16(25)22-12)21(27)24-23-18-14-8-4-6-13-7-5-9-15(17(13)14)20(18)26/h2-11H,1H3,(H,24,27). The van der Waals surface area contributed by atoms with E-state index < -0.39 is 5.91 Å². The summed E-state index contributed by atoms with van der Waals surface area (Å²) >= 11 is 0. The number of amides is 1. The molecule has 5 rings (SSSR count). The van der Waals surface area contributed by atoms with Gasteiger partial charge in [0.2, 0.25) is 5.78 Å². The summed E-state index contributed by atoms with van der Waals surface area (Å²) in [7, 11) is 0. The summed E-state index contributed by atoms with van der Waals surface area (Å²) in [6, 6.07) is 16.8. The minimum Gasteiger partial charge on any atom is -0.295 e. The van der Waals surface area contributed by atoms with Crippen LogP contribution in [0.4, 0.5) is 0 Å². The van der Waals surface area contributed by atoms with Crippen molar-refractivity contribution in [2.45, 2.75) is 6.92 Å². The van der Waals surface area contributed by atoms with E-state index in [1.165, 1.54) is 0 Å². The number of hydrazone groups is 1. The molecule has 0 saturated carbocycles. The van der Waals surface area contributed by atoms with Crippen molar-refractivity contribution < 1.29 is 9.59 Å². The molecule has 0 saturated heterocycles. The number of hydrogen-bond donors (Lipinski definition) is 1. The Morgan fingerprint density at radius 3 is 2.63 bits per heavy atom. The van der Waals surface area contributed by atoms with Crippen LogP contribution in [-0.4, -0.2) is 26.8 Å². The normalized spacial score (nSPS) is 14.4. The molecule has 1 amide bonds. The van der Waals surface area contributed by atoms with Crippen molar-refractivity contribution in [1.82, 2.24) is 14.8 Å². The van der Waals surface area contributed by atoms with Crippen molar-refractivity contribution in [2.24, 2.45) is 5.10 Å². The van der Waals surface area contributed by atoms with E-state index in [0.717, 1.165) is 16.3 Å². The van der Waals surface area contributed by atoms with Gasteiger partial charge in [0.05, 0.1) is 5.69 Å². The minimum atomic E-state index is -0.408. The molecule has 0 radical (unpaired) electrons. The van der Waals surface area contributed by atoms with Crippen LogP contribution >= 0.6 is 0 Å². The lowest BCUT2D eigenvalue weighted by atomic mass is 10.1. The molecular weight excluding hydrogens is 340 g/mol. The van der Waals surface area contributed by atoms with E-state index in [1.54, 1.807) is 23.6 Å². The van der Waals surface area contributed by atoms with Gasteiger partial charge in [0.25, 0.3) is 5.91 Å². The van der Waals surface area contributed by atoms with E-state index in [1.807, 2.05) is 48.5 Å². The molecule has 0 aliphatic heterocycles. The average molecular weight is 354 g/mol. The Morgan fingerprint density at radius 1 is 1.04 bits per heavy atom. The zero-order chi connectivity index (χ0) is 18.5. The fraction of sp³-hybridized carbons (Fsp3) is 0.0476. The van der Waals surface area contributed by atoms with E-state index >= 15 is 0 Å². The molecule has 0 atom stereocenters. The highest BCUT2D eigenvalue weighted by Crippen LogP contribution is 2.30. The Labute approximate surface area is 154 Å². The molecule has 6 heteroatoms. The lowest BCUT2D eigenvalue weighted by Gasteiger charge is -2.03. The minimum absolute atomic E-state index is 0.183. The molecule has 1 aliphatic carbocycles. The van der Waals surface area contributed by atoms with Gasteiger partial charge in [-0.05, 0) is 24.4 Å². The van der Waals surface area contributed by atoms with Gasteiger partial charge in [-0.1, -0.05) is 42.5 Å². The number of fused-ring (bicyclic) bond motifs is 1. The van der Waals surface area contributed by atoms with Crippen LogP contribution < -0.4 is 5.43 Å². The number of carbonyl (C=O) groups is 2. The molecule has 1 aliphatic rings. The van der Waals surface area contributed by atoms with Gasteiger partial charge in [-0.15, -0.1) is 0 Å². The van der Waals surface area contributed by atoms with Crippen LogP contribution in [-0.2, 0) is 0 Å². The summed E-state index contributed by atoms with van der Waals surface area (Å²) in [6.45, 7) is 1.77. The van der Waals surface area contributed by atoms with E-state index in [2.05, 4.69) is 15.5 Å². The summed E-state index contributed by atoms with van der Waals surface area (Å²) in [6.07, 6.45) is 1.77. The first kappa shape index (κ1) is 15.5. The van der Waals surface area contributed by atoms with Gasteiger partial charge in [0.1, 0.15) is 17.1 Å². The van der Waals surface area contributed by atoms with Crippen molar-refractivity contribution in [3.63, 3.8) is 0 Å². The number of ketones is 1. The summed E-state index contributed by atoms with van der Waals surface area (Å²) in [5.74, 6) is -0.591. The predicted octanol–water partition coefficient (Wildman–Crippen LogP) is 3.13. The molecule has 2 aromatic heterocycles. The maximum Gasteiger partial charge on any atom is 0.290 e. The third-order valence-electron chi connectivity index (χ3n) is 4.81. The van der Waals surface area contributed by atoms with Crippen LogP contribution in [0.15, 0.2) is 65.9 Å². The maximum absolute atomic E-state index is 12.8. The first-order chi connectivity index (χ1) is 13.1. The van der Waals surface area contributed by atoms with Crippen LogP contribution in [0.5, 0.6) is 0 Å². The van der Waals surface area contributed by atoms with Crippen molar-refractivity contribution in [1.29, 1.82) is 0 Å². The second kappa shape index (κ2) is 5.60. The fourth-order valence-electron chi connectivity index (χ4n) is 3.64. The first-order valence-corrected chi connectivity index (χ1v) is 8.53. The summed E-state index contributed by atoms with van der Waals surface area (Å²) in [5, 5.41) is 6.03. The molecule has 0 fully saturated rings. The lowest BCUT2D eigenvalue weighted by molar-refractivity contribution is 0.0948. The van der Waals surface area contributed by atoms with E-state index in [9.17, 15) is 9.59 Å². The second-order valence-corrected chi connectivity index (χ2v) is 6.41. The molecule has 0 spiro atoms. The Morgan fingerprint density at radius 2 is 1.81 bits per heavy atom. The Kier molecular flexibility index (Phi) is 3.21. The number of Topliss-reactive ketones (excluding diaryl/α,β-unsaturated/α-hetero) is 1. The largest absolute Gasteiger partial charge is 0.295 e. The SMILES string of the molecule is Cc1nc2ccccn2c1C(=O)NN=C1C(=O)c2cccc3cccc1c23. The number of nitrogens with zero attached hydrogens (tertiary/aromatic N) is 3. The number of aryl methyl sites for hydroxylation is 1.